The Morgan fingerprint density at radius 1 is 1.22 bits per heavy atom. The van der Waals surface area contributed by atoms with Crippen LogP contribution in [0, 0.1) is 0 Å². The maximum Gasteiger partial charge on any atom is 0.331 e. The fourth-order valence-corrected chi connectivity index (χ4v) is 2.86. The van der Waals surface area contributed by atoms with Crippen LogP contribution in [0.15, 0.2) is 18.2 Å². The molecular formula is C17H24N2O4. The number of hydrogen-bond acceptors (Lipinski definition) is 5. The van der Waals surface area contributed by atoms with Gasteiger partial charge in [-0.2, -0.15) is 0 Å². The van der Waals surface area contributed by atoms with Crippen molar-refractivity contribution in [3.63, 3.8) is 0 Å². The molecule has 0 radical (unpaired) electrons. The summed E-state index contributed by atoms with van der Waals surface area (Å²) in [6.07, 6.45) is 3.99. The molecule has 6 nitrogen and oxygen atoms in total. The minimum Gasteiger partial charge on any atom is -0.475 e. The van der Waals surface area contributed by atoms with E-state index in [1.165, 1.54) is 7.11 Å². The van der Waals surface area contributed by atoms with Crippen molar-refractivity contribution in [3.05, 3.63) is 23.9 Å². The normalized spacial score (nSPS) is 16.7. The molecule has 0 aromatic carbocycles. The Bertz CT molecular complexity index is 565. The smallest absolute Gasteiger partial charge is 0.331 e. The van der Waals surface area contributed by atoms with Gasteiger partial charge in [0.15, 0.2) is 0 Å². The third-order valence-corrected chi connectivity index (χ3v) is 3.95. The summed E-state index contributed by atoms with van der Waals surface area (Å²) in [5, 5.41) is 2.85. The highest BCUT2D eigenvalue weighted by Crippen LogP contribution is 2.29. The topological polar surface area (TPSA) is 77.5 Å². The van der Waals surface area contributed by atoms with Crippen molar-refractivity contribution in [2.75, 3.05) is 7.11 Å². The van der Waals surface area contributed by atoms with E-state index in [1.807, 2.05) is 13.8 Å². The number of amides is 1. The van der Waals surface area contributed by atoms with E-state index in [-0.39, 0.29) is 23.7 Å². The van der Waals surface area contributed by atoms with Gasteiger partial charge in [-0.15, -0.1) is 0 Å². The molecule has 2 rings (SSSR count). The lowest BCUT2D eigenvalue weighted by atomic mass is 9.81. The van der Waals surface area contributed by atoms with Crippen molar-refractivity contribution >= 4 is 11.9 Å². The van der Waals surface area contributed by atoms with E-state index in [9.17, 15) is 9.59 Å². The lowest BCUT2D eigenvalue weighted by Crippen LogP contribution is -2.56. The van der Waals surface area contributed by atoms with E-state index < -0.39 is 5.54 Å². The second-order valence-electron chi connectivity index (χ2n) is 6.12. The first-order chi connectivity index (χ1) is 11.0. The fraction of sp³-hybridized carbons (Fsp3) is 0.588. The highest BCUT2D eigenvalue weighted by Gasteiger charge is 2.42. The molecule has 0 bridgehead atoms. The highest BCUT2D eigenvalue weighted by molar-refractivity contribution is 5.96. The molecule has 0 unspecified atom stereocenters. The van der Waals surface area contributed by atoms with Crippen LogP contribution in [0.4, 0.5) is 0 Å². The first-order valence-corrected chi connectivity index (χ1v) is 8.01. The second kappa shape index (κ2) is 7.44. The Morgan fingerprint density at radius 3 is 2.52 bits per heavy atom. The summed E-state index contributed by atoms with van der Waals surface area (Å²) < 4.78 is 10.4. The number of esters is 1. The Morgan fingerprint density at radius 2 is 1.91 bits per heavy atom. The van der Waals surface area contributed by atoms with E-state index >= 15 is 0 Å². The van der Waals surface area contributed by atoms with Gasteiger partial charge in [-0.1, -0.05) is 25.3 Å². The van der Waals surface area contributed by atoms with E-state index in [1.54, 1.807) is 18.2 Å². The first kappa shape index (κ1) is 17.2. The van der Waals surface area contributed by atoms with Crippen LogP contribution >= 0.6 is 0 Å². The predicted octanol–water partition coefficient (Wildman–Crippen LogP) is 2.47. The molecule has 1 aliphatic carbocycles. The van der Waals surface area contributed by atoms with Crippen molar-refractivity contribution in [2.24, 2.45) is 0 Å². The van der Waals surface area contributed by atoms with E-state index in [4.69, 9.17) is 9.47 Å². The zero-order chi connectivity index (χ0) is 16.9. The van der Waals surface area contributed by atoms with Crippen LogP contribution in [0.3, 0.4) is 0 Å². The summed E-state index contributed by atoms with van der Waals surface area (Å²) >= 11 is 0. The third kappa shape index (κ3) is 4.21. The zero-order valence-electron chi connectivity index (χ0n) is 13.9. The first-order valence-electron chi connectivity index (χ1n) is 8.01. The van der Waals surface area contributed by atoms with Gasteiger partial charge < -0.3 is 14.8 Å². The largest absolute Gasteiger partial charge is 0.475 e. The number of nitrogens with zero attached hydrogens (tertiary/aromatic N) is 1. The van der Waals surface area contributed by atoms with Crippen molar-refractivity contribution < 1.29 is 19.1 Å². The minimum atomic E-state index is -0.944. The van der Waals surface area contributed by atoms with Gasteiger partial charge in [-0.3, -0.25) is 4.79 Å². The molecule has 1 aromatic heterocycles. The quantitative estimate of drug-likeness (QED) is 0.843. The molecule has 1 saturated carbocycles. The molecule has 1 heterocycles. The van der Waals surface area contributed by atoms with Gasteiger partial charge in [0.2, 0.25) is 5.88 Å². The molecule has 0 aliphatic heterocycles. The number of pyridine rings is 1. The second-order valence-corrected chi connectivity index (χ2v) is 6.12. The Hall–Kier alpha value is -2.11. The van der Waals surface area contributed by atoms with Crippen LogP contribution in [-0.4, -0.2) is 35.6 Å². The summed E-state index contributed by atoms with van der Waals surface area (Å²) in [5.74, 6) is -0.380. The van der Waals surface area contributed by atoms with Crippen LogP contribution in [-0.2, 0) is 9.53 Å². The molecule has 0 atom stereocenters. The van der Waals surface area contributed by atoms with Crippen molar-refractivity contribution in [3.8, 4) is 5.88 Å². The monoisotopic (exact) mass is 320 g/mol. The standard InChI is InChI=1S/C17H24N2O4/c1-12(2)23-14-9-7-8-13(18-14)15(20)19-17(16(21)22-3)10-5-4-6-11-17/h7-9,12H,4-6,10-11H2,1-3H3,(H,19,20). The summed E-state index contributed by atoms with van der Waals surface area (Å²) in [4.78, 5) is 28.9. The van der Waals surface area contributed by atoms with Crippen LogP contribution in [0.1, 0.15) is 56.4 Å². The van der Waals surface area contributed by atoms with Gasteiger partial charge in [-0.05, 0) is 32.8 Å². The van der Waals surface area contributed by atoms with Gasteiger partial charge in [0.1, 0.15) is 11.2 Å². The van der Waals surface area contributed by atoms with Gasteiger partial charge >= 0.3 is 5.97 Å². The number of rotatable bonds is 5. The molecule has 126 valence electrons. The lowest BCUT2D eigenvalue weighted by molar-refractivity contribution is -0.149. The molecule has 1 aliphatic rings. The molecule has 1 N–H and O–H groups in total. The fourth-order valence-electron chi connectivity index (χ4n) is 2.86. The molecule has 23 heavy (non-hydrogen) atoms. The summed E-state index contributed by atoms with van der Waals surface area (Å²) in [6.45, 7) is 3.78. The highest BCUT2D eigenvalue weighted by atomic mass is 16.5. The van der Waals surface area contributed by atoms with Gasteiger partial charge in [0, 0.05) is 6.07 Å². The average Bonchev–Trinajstić information content (AvgIpc) is 2.54. The molecule has 0 spiro atoms. The molecular weight excluding hydrogens is 296 g/mol. The SMILES string of the molecule is COC(=O)C1(NC(=O)c2cccc(OC(C)C)n2)CCCCC1. The third-order valence-electron chi connectivity index (χ3n) is 3.95. The Balaban J connectivity index is 2.17. The molecule has 1 fully saturated rings. The van der Waals surface area contributed by atoms with E-state index in [2.05, 4.69) is 10.3 Å². The average molecular weight is 320 g/mol. The number of carbonyl (C=O) groups excluding carboxylic acids is 2. The van der Waals surface area contributed by atoms with Crippen LogP contribution in [0.5, 0.6) is 5.88 Å². The molecule has 0 saturated heterocycles. The predicted molar refractivity (Wildman–Crippen MR) is 85.3 cm³/mol. The van der Waals surface area contributed by atoms with E-state index in [0.29, 0.717) is 18.7 Å². The Kier molecular flexibility index (Phi) is 5.58. The van der Waals surface area contributed by atoms with E-state index in [0.717, 1.165) is 19.3 Å². The minimum absolute atomic E-state index is 0.0273. The number of hydrogen-bond donors (Lipinski definition) is 1. The van der Waals surface area contributed by atoms with Crippen molar-refractivity contribution in [1.29, 1.82) is 0 Å². The number of aromatic nitrogens is 1. The summed E-state index contributed by atoms with van der Waals surface area (Å²) in [7, 11) is 1.35. The van der Waals surface area contributed by atoms with Crippen molar-refractivity contribution in [2.45, 2.75) is 57.6 Å². The van der Waals surface area contributed by atoms with Gasteiger partial charge in [-0.25, -0.2) is 9.78 Å². The number of nitrogens with one attached hydrogen (secondary N) is 1. The number of methoxy groups -OCH3 is 1. The zero-order valence-corrected chi connectivity index (χ0v) is 13.9. The van der Waals surface area contributed by atoms with Gasteiger partial charge in [0.25, 0.3) is 5.91 Å². The number of carbonyl (C=O) groups is 2. The van der Waals surface area contributed by atoms with Crippen LogP contribution < -0.4 is 10.1 Å². The maximum absolute atomic E-state index is 12.5. The summed E-state index contributed by atoms with van der Waals surface area (Å²) in [5.41, 5.74) is -0.710. The molecule has 1 aromatic rings. The number of ether oxygens (including phenoxy) is 2. The maximum atomic E-state index is 12.5. The van der Waals surface area contributed by atoms with Crippen LogP contribution in [0.25, 0.3) is 0 Å². The van der Waals surface area contributed by atoms with Crippen molar-refractivity contribution in [1.82, 2.24) is 10.3 Å². The van der Waals surface area contributed by atoms with Crippen LogP contribution in [0.2, 0.25) is 0 Å². The van der Waals surface area contributed by atoms with Gasteiger partial charge in [0.05, 0.1) is 13.2 Å². The molecule has 1 amide bonds. The Labute approximate surface area is 136 Å². The summed E-state index contributed by atoms with van der Waals surface area (Å²) in [6, 6.07) is 5.02. The lowest BCUT2D eigenvalue weighted by Gasteiger charge is -2.35. The molecule has 6 heteroatoms.